The number of benzene rings is 1. The number of carbonyl (C=O) groups excluding carboxylic acids is 3. The van der Waals surface area contributed by atoms with Gasteiger partial charge in [0.15, 0.2) is 0 Å². The van der Waals surface area contributed by atoms with Crippen molar-refractivity contribution in [2.24, 2.45) is 0 Å². The monoisotopic (exact) mass is 273 g/mol. The van der Waals surface area contributed by atoms with Crippen LogP contribution in [-0.2, 0) is 9.59 Å². The van der Waals surface area contributed by atoms with E-state index in [1.54, 1.807) is 6.07 Å². The van der Waals surface area contributed by atoms with E-state index in [1.165, 1.54) is 4.90 Å². The van der Waals surface area contributed by atoms with Crippen molar-refractivity contribution in [3.63, 3.8) is 0 Å². The van der Waals surface area contributed by atoms with E-state index in [-0.39, 0.29) is 5.78 Å². The molecule has 0 atom stereocenters. The van der Waals surface area contributed by atoms with Crippen molar-refractivity contribution in [3.8, 4) is 0 Å². The number of anilines is 1. The Labute approximate surface area is 118 Å². The summed E-state index contributed by atoms with van der Waals surface area (Å²) in [6.07, 6.45) is 1.56. The van der Waals surface area contributed by atoms with Gasteiger partial charge in [-0.1, -0.05) is 13.0 Å². The summed E-state index contributed by atoms with van der Waals surface area (Å²) >= 11 is 0. The number of hydrogen-bond acceptors (Lipinski definition) is 3. The average molecular weight is 273 g/mol. The van der Waals surface area contributed by atoms with Crippen LogP contribution >= 0.6 is 0 Å². The van der Waals surface area contributed by atoms with Crippen LogP contribution in [0.5, 0.6) is 0 Å². The summed E-state index contributed by atoms with van der Waals surface area (Å²) in [7, 11) is 0. The Hall–Kier alpha value is -1.97. The lowest BCUT2D eigenvalue weighted by atomic mass is 10.0. The highest BCUT2D eigenvalue weighted by Gasteiger charge is 2.36. The van der Waals surface area contributed by atoms with Crippen molar-refractivity contribution in [1.82, 2.24) is 0 Å². The minimum Gasteiger partial charge on any atom is -0.304 e. The zero-order valence-electron chi connectivity index (χ0n) is 12.2. The number of hydrogen-bond donors (Lipinski definition) is 0. The SMILES string of the molecule is CCC(=O)CCCN1C(=O)C(=O)c2cc(C)cc(C)c21. The summed E-state index contributed by atoms with van der Waals surface area (Å²) in [6.45, 7) is 6.07. The van der Waals surface area contributed by atoms with Gasteiger partial charge < -0.3 is 4.90 Å². The maximum absolute atomic E-state index is 12.1. The third kappa shape index (κ3) is 2.50. The maximum atomic E-state index is 12.1. The van der Waals surface area contributed by atoms with Crippen LogP contribution in [0, 0.1) is 13.8 Å². The molecular formula is C16H19NO3. The van der Waals surface area contributed by atoms with E-state index < -0.39 is 11.7 Å². The number of carbonyl (C=O) groups is 3. The lowest BCUT2D eigenvalue weighted by Gasteiger charge is -2.18. The Kier molecular flexibility index (Phi) is 4.02. The zero-order valence-corrected chi connectivity index (χ0v) is 12.2. The van der Waals surface area contributed by atoms with Crippen LogP contribution < -0.4 is 4.90 Å². The van der Waals surface area contributed by atoms with Gasteiger partial charge in [-0.2, -0.15) is 0 Å². The van der Waals surface area contributed by atoms with Crippen molar-refractivity contribution in [3.05, 3.63) is 28.8 Å². The molecule has 0 bridgehead atoms. The molecule has 0 spiro atoms. The molecule has 1 heterocycles. The fraction of sp³-hybridized carbons (Fsp3) is 0.438. The fourth-order valence-electron chi connectivity index (χ4n) is 2.66. The number of Topliss-reactive ketones (excluding diaryl/α,β-unsaturated/α-hetero) is 2. The van der Waals surface area contributed by atoms with Crippen LogP contribution in [0.15, 0.2) is 12.1 Å². The lowest BCUT2D eigenvalue weighted by Crippen LogP contribution is -2.31. The highest BCUT2D eigenvalue weighted by molar-refractivity contribution is 6.52. The molecule has 4 nitrogen and oxygen atoms in total. The molecule has 2 rings (SSSR count). The van der Waals surface area contributed by atoms with Gasteiger partial charge in [0.2, 0.25) is 0 Å². The van der Waals surface area contributed by atoms with E-state index in [9.17, 15) is 14.4 Å². The molecule has 1 aliphatic rings. The summed E-state index contributed by atoms with van der Waals surface area (Å²) in [6, 6.07) is 3.73. The van der Waals surface area contributed by atoms with Crippen molar-refractivity contribution in [2.45, 2.75) is 40.0 Å². The minimum atomic E-state index is -0.474. The average Bonchev–Trinajstić information content (AvgIpc) is 2.64. The van der Waals surface area contributed by atoms with Gasteiger partial charge in [-0.15, -0.1) is 0 Å². The number of rotatable bonds is 5. The summed E-state index contributed by atoms with van der Waals surface area (Å²) in [5.41, 5.74) is 3.12. The molecule has 0 aliphatic carbocycles. The molecule has 20 heavy (non-hydrogen) atoms. The van der Waals surface area contributed by atoms with Crippen LogP contribution in [-0.4, -0.2) is 24.0 Å². The van der Waals surface area contributed by atoms with Gasteiger partial charge in [0, 0.05) is 19.4 Å². The second-order valence-electron chi connectivity index (χ2n) is 5.26. The molecule has 0 N–H and O–H groups in total. The molecule has 0 saturated heterocycles. The third-order valence-corrected chi connectivity index (χ3v) is 3.63. The molecule has 1 aliphatic heterocycles. The predicted molar refractivity (Wildman–Crippen MR) is 77.1 cm³/mol. The normalized spacial score (nSPS) is 13.8. The molecule has 4 heteroatoms. The van der Waals surface area contributed by atoms with Crippen molar-refractivity contribution in [1.29, 1.82) is 0 Å². The van der Waals surface area contributed by atoms with Gasteiger partial charge in [-0.3, -0.25) is 14.4 Å². The van der Waals surface area contributed by atoms with Crippen LogP contribution in [0.25, 0.3) is 0 Å². The van der Waals surface area contributed by atoms with E-state index in [0.29, 0.717) is 31.4 Å². The summed E-state index contributed by atoms with van der Waals surface area (Å²) in [5, 5.41) is 0. The third-order valence-electron chi connectivity index (χ3n) is 3.63. The number of aryl methyl sites for hydroxylation is 2. The van der Waals surface area contributed by atoms with Crippen LogP contribution in [0.2, 0.25) is 0 Å². The molecule has 0 unspecified atom stereocenters. The molecule has 106 valence electrons. The first kappa shape index (κ1) is 14.4. The van der Waals surface area contributed by atoms with Crippen LogP contribution in [0.1, 0.15) is 47.7 Å². The van der Waals surface area contributed by atoms with Crippen molar-refractivity contribution in [2.75, 3.05) is 11.4 Å². The van der Waals surface area contributed by atoms with Crippen LogP contribution in [0.3, 0.4) is 0 Å². The zero-order chi connectivity index (χ0) is 14.9. The molecule has 1 amide bonds. The Balaban J connectivity index is 2.22. The molecule has 0 fully saturated rings. The highest BCUT2D eigenvalue weighted by Crippen LogP contribution is 2.33. The van der Waals surface area contributed by atoms with Gasteiger partial charge in [0.05, 0.1) is 11.3 Å². The second kappa shape index (κ2) is 5.57. The maximum Gasteiger partial charge on any atom is 0.299 e. The first-order valence-electron chi connectivity index (χ1n) is 6.94. The summed E-state index contributed by atoms with van der Waals surface area (Å²) in [4.78, 5) is 36.9. The first-order valence-corrected chi connectivity index (χ1v) is 6.94. The highest BCUT2D eigenvalue weighted by atomic mass is 16.2. The first-order chi connectivity index (χ1) is 9.45. The molecule has 1 aromatic rings. The predicted octanol–water partition coefficient (Wildman–Crippen LogP) is 2.59. The number of fused-ring (bicyclic) bond motifs is 1. The topological polar surface area (TPSA) is 54.5 Å². The number of ketones is 2. The fourth-order valence-corrected chi connectivity index (χ4v) is 2.66. The second-order valence-corrected chi connectivity index (χ2v) is 5.26. The molecular weight excluding hydrogens is 254 g/mol. The Morgan fingerprint density at radius 2 is 1.90 bits per heavy atom. The van der Waals surface area contributed by atoms with E-state index >= 15 is 0 Å². The standard InChI is InChI=1S/C16H19NO3/c1-4-12(18)6-5-7-17-14-11(3)8-10(2)9-13(14)15(19)16(17)20/h8-9H,4-7H2,1-3H3. The van der Waals surface area contributed by atoms with Crippen molar-refractivity contribution < 1.29 is 14.4 Å². The summed E-state index contributed by atoms with van der Waals surface area (Å²) < 4.78 is 0. The van der Waals surface area contributed by atoms with E-state index in [4.69, 9.17) is 0 Å². The molecule has 1 aromatic carbocycles. The van der Waals surface area contributed by atoms with E-state index in [1.807, 2.05) is 26.8 Å². The van der Waals surface area contributed by atoms with Gasteiger partial charge in [-0.25, -0.2) is 0 Å². The van der Waals surface area contributed by atoms with Gasteiger partial charge in [0.25, 0.3) is 11.7 Å². The smallest absolute Gasteiger partial charge is 0.299 e. The van der Waals surface area contributed by atoms with Gasteiger partial charge in [0.1, 0.15) is 5.78 Å². The molecule has 0 saturated carbocycles. The number of amides is 1. The Bertz CT molecular complexity index is 590. The quantitative estimate of drug-likeness (QED) is 0.775. The van der Waals surface area contributed by atoms with E-state index in [2.05, 4.69) is 0 Å². The molecule has 0 radical (unpaired) electrons. The minimum absolute atomic E-state index is 0.184. The molecule has 0 aromatic heterocycles. The van der Waals surface area contributed by atoms with Crippen molar-refractivity contribution >= 4 is 23.2 Å². The van der Waals surface area contributed by atoms with Crippen LogP contribution in [0.4, 0.5) is 5.69 Å². The van der Waals surface area contributed by atoms with Gasteiger partial charge >= 0.3 is 0 Å². The number of nitrogens with zero attached hydrogens (tertiary/aromatic N) is 1. The van der Waals surface area contributed by atoms with E-state index in [0.717, 1.165) is 16.8 Å². The Morgan fingerprint density at radius 1 is 1.20 bits per heavy atom. The van der Waals surface area contributed by atoms with Gasteiger partial charge in [-0.05, 0) is 37.5 Å². The Morgan fingerprint density at radius 3 is 2.55 bits per heavy atom. The lowest BCUT2D eigenvalue weighted by molar-refractivity contribution is -0.119. The largest absolute Gasteiger partial charge is 0.304 e. The summed E-state index contributed by atoms with van der Waals surface area (Å²) in [5.74, 6) is -0.727.